The SMILES string of the molecule is CC1=CC=C(/C(C)=C/C=C(\C)C2=CC=C(P)CC2)CC1. The summed E-state index contributed by atoms with van der Waals surface area (Å²) in [5.41, 5.74) is 7.21. The molecule has 106 valence electrons. The molecule has 20 heavy (non-hydrogen) atoms. The molecule has 1 atom stereocenters. The van der Waals surface area contributed by atoms with Gasteiger partial charge in [-0.15, -0.1) is 9.24 Å². The first-order valence-electron chi connectivity index (χ1n) is 7.43. The Bertz CT molecular complexity index is 511. The minimum atomic E-state index is 1.16. The van der Waals surface area contributed by atoms with E-state index in [0.717, 1.165) is 6.42 Å². The van der Waals surface area contributed by atoms with Crippen molar-refractivity contribution >= 4 is 9.24 Å². The first kappa shape index (κ1) is 15.3. The van der Waals surface area contributed by atoms with Crippen LogP contribution in [-0.2, 0) is 0 Å². The van der Waals surface area contributed by atoms with Crippen LogP contribution in [0, 0.1) is 0 Å². The van der Waals surface area contributed by atoms with Gasteiger partial charge >= 0.3 is 0 Å². The molecule has 0 saturated carbocycles. The second kappa shape index (κ2) is 7.04. The maximum Gasteiger partial charge on any atom is -0.0235 e. The lowest BCUT2D eigenvalue weighted by Gasteiger charge is -2.13. The van der Waals surface area contributed by atoms with Crippen LogP contribution in [0.15, 0.2) is 69.6 Å². The van der Waals surface area contributed by atoms with Gasteiger partial charge in [0.1, 0.15) is 0 Å². The molecule has 0 nitrogen and oxygen atoms in total. The normalized spacial score (nSPS) is 21.0. The molecule has 0 radical (unpaired) electrons. The molecule has 0 heterocycles. The van der Waals surface area contributed by atoms with Crippen LogP contribution in [0.1, 0.15) is 46.5 Å². The van der Waals surface area contributed by atoms with Gasteiger partial charge in [0.25, 0.3) is 0 Å². The summed E-state index contributed by atoms with van der Waals surface area (Å²) >= 11 is 0. The Labute approximate surface area is 125 Å². The second-order valence-corrected chi connectivity index (χ2v) is 6.58. The molecule has 0 aromatic rings. The summed E-state index contributed by atoms with van der Waals surface area (Å²) in [6.45, 7) is 6.65. The Morgan fingerprint density at radius 3 is 1.85 bits per heavy atom. The van der Waals surface area contributed by atoms with Crippen LogP contribution < -0.4 is 0 Å². The summed E-state index contributed by atoms with van der Waals surface area (Å²) in [5.74, 6) is 0. The number of rotatable bonds is 3. The summed E-state index contributed by atoms with van der Waals surface area (Å²) in [6, 6.07) is 0. The van der Waals surface area contributed by atoms with Gasteiger partial charge in [0.15, 0.2) is 0 Å². The summed E-state index contributed by atoms with van der Waals surface area (Å²) in [6.07, 6.45) is 18.3. The molecule has 2 aliphatic rings. The fraction of sp³-hybridized carbons (Fsp3) is 0.368. The van der Waals surface area contributed by atoms with Gasteiger partial charge in [0.2, 0.25) is 0 Å². The van der Waals surface area contributed by atoms with Crippen LogP contribution in [0.2, 0.25) is 0 Å². The molecular formula is C19H25P. The lowest BCUT2D eigenvalue weighted by Crippen LogP contribution is -1.93. The number of hydrogen-bond acceptors (Lipinski definition) is 0. The van der Waals surface area contributed by atoms with Crippen LogP contribution >= 0.6 is 9.24 Å². The van der Waals surface area contributed by atoms with E-state index in [1.807, 2.05) is 0 Å². The van der Waals surface area contributed by atoms with E-state index in [1.54, 1.807) is 0 Å². The van der Waals surface area contributed by atoms with Gasteiger partial charge in [-0.25, -0.2) is 0 Å². The van der Waals surface area contributed by atoms with Crippen molar-refractivity contribution in [1.29, 1.82) is 0 Å². The molecule has 0 amide bonds. The monoisotopic (exact) mass is 284 g/mol. The van der Waals surface area contributed by atoms with Crippen molar-refractivity contribution in [1.82, 2.24) is 0 Å². The van der Waals surface area contributed by atoms with Gasteiger partial charge < -0.3 is 0 Å². The molecule has 2 rings (SSSR count). The quantitative estimate of drug-likeness (QED) is 0.439. The van der Waals surface area contributed by atoms with Crippen LogP contribution in [0.3, 0.4) is 0 Å². The van der Waals surface area contributed by atoms with Crippen molar-refractivity contribution in [2.24, 2.45) is 0 Å². The molecule has 0 bridgehead atoms. The van der Waals surface area contributed by atoms with Crippen molar-refractivity contribution < 1.29 is 0 Å². The number of hydrogen-bond donors (Lipinski definition) is 0. The van der Waals surface area contributed by atoms with E-state index in [2.05, 4.69) is 66.5 Å². The van der Waals surface area contributed by atoms with E-state index in [1.165, 1.54) is 52.4 Å². The fourth-order valence-electron chi connectivity index (χ4n) is 2.52. The van der Waals surface area contributed by atoms with Gasteiger partial charge in [-0.2, -0.15) is 0 Å². The van der Waals surface area contributed by atoms with E-state index in [9.17, 15) is 0 Å². The molecule has 0 spiro atoms. The van der Waals surface area contributed by atoms with E-state index in [0.29, 0.717) is 0 Å². The van der Waals surface area contributed by atoms with Crippen LogP contribution in [0.4, 0.5) is 0 Å². The highest BCUT2D eigenvalue weighted by molar-refractivity contribution is 7.22. The van der Waals surface area contributed by atoms with Gasteiger partial charge in [-0.1, -0.05) is 47.3 Å². The molecular weight excluding hydrogens is 259 g/mol. The largest absolute Gasteiger partial charge is 0.110 e. The van der Waals surface area contributed by atoms with Crippen molar-refractivity contribution in [3.63, 3.8) is 0 Å². The summed E-state index contributed by atoms with van der Waals surface area (Å²) < 4.78 is 0. The summed E-state index contributed by atoms with van der Waals surface area (Å²) in [7, 11) is 2.81. The molecule has 0 aromatic carbocycles. The molecule has 1 unspecified atom stereocenters. The first-order chi connectivity index (χ1) is 9.56. The lowest BCUT2D eigenvalue weighted by atomic mass is 9.93. The standard InChI is InChI=1S/C19H25P/c1-14-4-8-17(9-5-14)15(2)6-7-16(3)18-10-12-19(20)13-11-18/h4,6-8,10,12H,5,9,11,13,20H2,1-3H3/b15-6+,16-7+. The van der Waals surface area contributed by atoms with Crippen molar-refractivity contribution in [2.75, 3.05) is 0 Å². The van der Waals surface area contributed by atoms with E-state index < -0.39 is 0 Å². The predicted molar refractivity (Wildman–Crippen MR) is 93.7 cm³/mol. The Hall–Kier alpha value is -1.13. The van der Waals surface area contributed by atoms with E-state index in [-0.39, 0.29) is 0 Å². The molecule has 0 aliphatic heterocycles. The highest BCUT2D eigenvalue weighted by Gasteiger charge is 2.06. The lowest BCUT2D eigenvalue weighted by molar-refractivity contribution is 0.912. The number of allylic oxidation sites excluding steroid dienone is 12. The minimum absolute atomic E-state index is 1.16. The second-order valence-electron chi connectivity index (χ2n) is 5.84. The molecule has 2 aliphatic carbocycles. The predicted octanol–water partition coefficient (Wildman–Crippen LogP) is 6.02. The van der Waals surface area contributed by atoms with Gasteiger partial charge in [0, 0.05) is 0 Å². The highest BCUT2D eigenvalue weighted by Crippen LogP contribution is 2.28. The average molecular weight is 284 g/mol. The van der Waals surface area contributed by atoms with Crippen molar-refractivity contribution in [2.45, 2.75) is 46.5 Å². The third kappa shape index (κ3) is 4.18. The highest BCUT2D eigenvalue weighted by atomic mass is 31.0. The maximum atomic E-state index is 2.81. The molecule has 0 fully saturated rings. The van der Waals surface area contributed by atoms with Crippen LogP contribution in [-0.4, -0.2) is 0 Å². The van der Waals surface area contributed by atoms with E-state index in [4.69, 9.17) is 0 Å². The van der Waals surface area contributed by atoms with E-state index >= 15 is 0 Å². The Balaban J connectivity index is 2.09. The van der Waals surface area contributed by atoms with Gasteiger partial charge in [-0.3, -0.25) is 0 Å². The summed E-state index contributed by atoms with van der Waals surface area (Å²) in [4.78, 5) is 0. The third-order valence-corrected chi connectivity index (χ3v) is 4.62. The smallest absolute Gasteiger partial charge is 0.0235 e. The first-order valence-corrected chi connectivity index (χ1v) is 8.01. The van der Waals surface area contributed by atoms with Crippen LogP contribution in [0.25, 0.3) is 0 Å². The van der Waals surface area contributed by atoms with Crippen LogP contribution in [0.5, 0.6) is 0 Å². The molecule has 1 heteroatoms. The Morgan fingerprint density at radius 1 is 0.850 bits per heavy atom. The Morgan fingerprint density at radius 2 is 1.40 bits per heavy atom. The molecule has 0 aromatic heterocycles. The summed E-state index contributed by atoms with van der Waals surface area (Å²) in [5, 5.41) is 1.41. The topological polar surface area (TPSA) is 0 Å². The molecule has 0 saturated heterocycles. The zero-order chi connectivity index (χ0) is 14.5. The fourth-order valence-corrected chi connectivity index (χ4v) is 2.76. The third-order valence-electron chi connectivity index (χ3n) is 4.14. The maximum absolute atomic E-state index is 2.81. The van der Waals surface area contributed by atoms with Gasteiger partial charge in [-0.05, 0) is 68.7 Å². The van der Waals surface area contributed by atoms with Crippen molar-refractivity contribution in [3.05, 3.63) is 69.6 Å². The minimum Gasteiger partial charge on any atom is -0.110 e. The molecule has 0 N–H and O–H groups in total. The Kier molecular flexibility index (Phi) is 5.38. The average Bonchev–Trinajstić information content (AvgIpc) is 2.46. The van der Waals surface area contributed by atoms with Gasteiger partial charge in [0.05, 0.1) is 0 Å². The zero-order valence-corrected chi connectivity index (χ0v) is 14.0. The van der Waals surface area contributed by atoms with Crippen molar-refractivity contribution in [3.8, 4) is 0 Å². The zero-order valence-electron chi connectivity index (χ0n) is 12.9.